The van der Waals surface area contributed by atoms with Crippen LogP contribution in [0.2, 0.25) is 0 Å². The molecule has 4 heteroatoms. The van der Waals surface area contributed by atoms with Gasteiger partial charge in [0.1, 0.15) is 0 Å². The molecule has 1 atom stereocenters. The lowest BCUT2D eigenvalue weighted by atomic mass is 10.1. The van der Waals surface area contributed by atoms with Gasteiger partial charge in [0, 0.05) is 25.7 Å². The Hall–Kier alpha value is -0.610. The summed E-state index contributed by atoms with van der Waals surface area (Å²) in [5.74, 6) is 0. The Labute approximate surface area is 103 Å². The van der Waals surface area contributed by atoms with E-state index in [1.54, 1.807) is 0 Å². The number of nitrogens with two attached hydrogens (primary N) is 1. The highest BCUT2D eigenvalue weighted by Crippen LogP contribution is 2.11. The van der Waals surface area contributed by atoms with Crippen LogP contribution in [0, 0.1) is 0 Å². The van der Waals surface area contributed by atoms with Crippen LogP contribution in [0.15, 0.2) is 30.3 Å². The first-order chi connectivity index (χ1) is 7.40. The van der Waals surface area contributed by atoms with E-state index in [0.717, 1.165) is 26.3 Å². The molecular formula is C12H19ClN2O. The van der Waals surface area contributed by atoms with Crippen LogP contribution in [-0.4, -0.2) is 37.2 Å². The molecule has 2 rings (SSSR count). The van der Waals surface area contributed by atoms with E-state index in [9.17, 15) is 0 Å². The van der Waals surface area contributed by atoms with Gasteiger partial charge in [-0.2, -0.15) is 0 Å². The van der Waals surface area contributed by atoms with Gasteiger partial charge in [-0.05, 0) is 5.56 Å². The molecule has 0 aliphatic carbocycles. The maximum atomic E-state index is 5.73. The molecule has 0 amide bonds. The Bertz CT molecular complexity index is 294. The molecular weight excluding hydrogens is 224 g/mol. The van der Waals surface area contributed by atoms with Gasteiger partial charge in [-0.1, -0.05) is 30.3 Å². The van der Waals surface area contributed by atoms with Crippen LogP contribution in [0.25, 0.3) is 0 Å². The standard InChI is InChI=1S/C12H18N2O.ClH/c13-8-12-10-15-7-6-14(12)9-11-4-2-1-3-5-11;/h1-5,12H,6-10,13H2;1H. The topological polar surface area (TPSA) is 38.5 Å². The SMILES string of the molecule is Cl.NCC1COCCN1Cc1ccccc1. The van der Waals surface area contributed by atoms with Gasteiger partial charge >= 0.3 is 0 Å². The second-order valence-corrected chi connectivity index (χ2v) is 3.92. The second-order valence-electron chi connectivity index (χ2n) is 3.92. The van der Waals surface area contributed by atoms with Gasteiger partial charge in [-0.3, -0.25) is 4.90 Å². The molecule has 1 aromatic rings. The summed E-state index contributed by atoms with van der Waals surface area (Å²) >= 11 is 0. The summed E-state index contributed by atoms with van der Waals surface area (Å²) < 4.78 is 5.42. The van der Waals surface area contributed by atoms with Crippen LogP contribution in [0.1, 0.15) is 5.56 Å². The first kappa shape index (κ1) is 13.5. The first-order valence-corrected chi connectivity index (χ1v) is 5.46. The van der Waals surface area contributed by atoms with Gasteiger partial charge in [0.25, 0.3) is 0 Å². The van der Waals surface area contributed by atoms with Crippen LogP contribution >= 0.6 is 12.4 Å². The number of hydrogen-bond acceptors (Lipinski definition) is 3. The third-order valence-electron chi connectivity index (χ3n) is 2.85. The average Bonchev–Trinajstić information content (AvgIpc) is 2.31. The van der Waals surface area contributed by atoms with E-state index in [1.807, 2.05) is 6.07 Å². The summed E-state index contributed by atoms with van der Waals surface area (Å²) in [6, 6.07) is 10.9. The van der Waals surface area contributed by atoms with Gasteiger partial charge in [0.2, 0.25) is 0 Å². The predicted octanol–water partition coefficient (Wildman–Crippen LogP) is 1.27. The molecule has 0 saturated carbocycles. The third kappa shape index (κ3) is 3.46. The lowest BCUT2D eigenvalue weighted by Crippen LogP contribution is -2.48. The molecule has 1 saturated heterocycles. The lowest BCUT2D eigenvalue weighted by Gasteiger charge is -2.34. The van der Waals surface area contributed by atoms with Crippen molar-refractivity contribution in [1.82, 2.24) is 4.90 Å². The molecule has 0 aromatic heterocycles. The fraction of sp³-hybridized carbons (Fsp3) is 0.500. The maximum Gasteiger partial charge on any atom is 0.0634 e. The summed E-state index contributed by atoms with van der Waals surface area (Å²) in [7, 11) is 0. The van der Waals surface area contributed by atoms with Crippen LogP contribution < -0.4 is 5.73 Å². The van der Waals surface area contributed by atoms with Gasteiger partial charge in [0.05, 0.1) is 13.2 Å². The molecule has 1 aliphatic heterocycles. The number of nitrogens with zero attached hydrogens (tertiary/aromatic N) is 1. The minimum atomic E-state index is 0. The highest BCUT2D eigenvalue weighted by atomic mass is 35.5. The quantitative estimate of drug-likeness (QED) is 0.868. The molecule has 0 bridgehead atoms. The highest BCUT2D eigenvalue weighted by Gasteiger charge is 2.21. The van der Waals surface area contributed by atoms with E-state index >= 15 is 0 Å². The van der Waals surface area contributed by atoms with Crippen molar-refractivity contribution >= 4 is 12.4 Å². The zero-order valence-electron chi connectivity index (χ0n) is 9.34. The number of benzene rings is 1. The average molecular weight is 243 g/mol. The Morgan fingerprint density at radius 2 is 2.06 bits per heavy atom. The lowest BCUT2D eigenvalue weighted by molar-refractivity contribution is -0.00792. The summed E-state index contributed by atoms with van der Waals surface area (Å²) in [4.78, 5) is 2.40. The smallest absolute Gasteiger partial charge is 0.0634 e. The predicted molar refractivity (Wildman–Crippen MR) is 67.8 cm³/mol. The molecule has 1 unspecified atom stereocenters. The Balaban J connectivity index is 0.00000128. The van der Waals surface area contributed by atoms with Crippen LogP contribution in [0.5, 0.6) is 0 Å². The Kier molecular flexibility index (Phi) is 5.77. The molecule has 2 N–H and O–H groups in total. The second kappa shape index (κ2) is 6.86. The van der Waals surface area contributed by atoms with Crippen molar-refractivity contribution < 1.29 is 4.74 Å². The number of halogens is 1. The van der Waals surface area contributed by atoms with Gasteiger partial charge in [0.15, 0.2) is 0 Å². The van der Waals surface area contributed by atoms with E-state index in [-0.39, 0.29) is 12.4 Å². The summed E-state index contributed by atoms with van der Waals surface area (Å²) in [5.41, 5.74) is 7.07. The molecule has 1 aliphatic rings. The zero-order valence-corrected chi connectivity index (χ0v) is 10.2. The van der Waals surface area contributed by atoms with E-state index in [0.29, 0.717) is 12.6 Å². The highest BCUT2D eigenvalue weighted by molar-refractivity contribution is 5.85. The molecule has 3 nitrogen and oxygen atoms in total. The summed E-state index contributed by atoms with van der Waals surface area (Å²) in [5, 5.41) is 0. The minimum absolute atomic E-state index is 0. The molecule has 0 spiro atoms. The van der Waals surface area contributed by atoms with E-state index in [2.05, 4.69) is 29.2 Å². The molecule has 1 heterocycles. The van der Waals surface area contributed by atoms with E-state index in [1.165, 1.54) is 5.56 Å². The van der Waals surface area contributed by atoms with Gasteiger partial charge < -0.3 is 10.5 Å². The van der Waals surface area contributed by atoms with Crippen molar-refractivity contribution in [2.24, 2.45) is 5.73 Å². The van der Waals surface area contributed by atoms with E-state index < -0.39 is 0 Å². The number of rotatable bonds is 3. The third-order valence-corrected chi connectivity index (χ3v) is 2.85. The molecule has 16 heavy (non-hydrogen) atoms. The molecule has 1 aromatic carbocycles. The summed E-state index contributed by atoms with van der Waals surface area (Å²) in [6.07, 6.45) is 0. The van der Waals surface area contributed by atoms with E-state index in [4.69, 9.17) is 10.5 Å². The Morgan fingerprint density at radius 1 is 1.31 bits per heavy atom. The van der Waals surface area contributed by atoms with Crippen molar-refractivity contribution in [1.29, 1.82) is 0 Å². The normalized spacial score (nSPS) is 21.4. The van der Waals surface area contributed by atoms with Crippen molar-refractivity contribution in [2.75, 3.05) is 26.3 Å². The Morgan fingerprint density at radius 3 is 2.75 bits per heavy atom. The maximum absolute atomic E-state index is 5.73. The van der Waals surface area contributed by atoms with Gasteiger partial charge in [-0.25, -0.2) is 0 Å². The fourth-order valence-corrected chi connectivity index (χ4v) is 1.93. The van der Waals surface area contributed by atoms with Crippen molar-refractivity contribution in [2.45, 2.75) is 12.6 Å². The summed E-state index contributed by atoms with van der Waals surface area (Å²) in [6.45, 7) is 4.22. The van der Waals surface area contributed by atoms with Crippen LogP contribution in [-0.2, 0) is 11.3 Å². The monoisotopic (exact) mass is 242 g/mol. The van der Waals surface area contributed by atoms with Crippen LogP contribution in [0.3, 0.4) is 0 Å². The minimum Gasteiger partial charge on any atom is -0.378 e. The largest absolute Gasteiger partial charge is 0.378 e. The van der Waals surface area contributed by atoms with Gasteiger partial charge in [-0.15, -0.1) is 12.4 Å². The zero-order chi connectivity index (χ0) is 10.5. The van der Waals surface area contributed by atoms with Crippen molar-refractivity contribution in [3.05, 3.63) is 35.9 Å². The number of morpholine rings is 1. The molecule has 90 valence electrons. The van der Waals surface area contributed by atoms with Crippen LogP contribution in [0.4, 0.5) is 0 Å². The van der Waals surface area contributed by atoms with Crippen molar-refractivity contribution in [3.63, 3.8) is 0 Å². The first-order valence-electron chi connectivity index (χ1n) is 5.46. The van der Waals surface area contributed by atoms with Crippen molar-refractivity contribution in [3.8, 4) is 0 Å². The molecule has 1 fully saturated rings. The fourth-order valence-electron chi connectivity index (χ4n) is 1.93. The number of hydrogen-bond donors (Lipinski definition) is 1. The number of ether oxygens (including phenoxy) is 1. The molecule has 0 radical (unpaired) electrons.